The van der Waals surface area contributed by atoms with Crippen molar-refractivity contribution in [1.82, 2.24) is 5.32 Å². The van der Waals surface area contributed by atoms with Crippen LogP contribution in [0, 0.1) is 5.82 Å². The summed E-state index contributed by atoms with van der Waals surface area (Å²) in [4.78, 5) is 0. The number of ether oxygens (including phenoxy) is 1. The lowest BCUT2D eigenvalue weighted by molar-refractivity contribution is 0.461. The van der Waals surface area contributed by atoms with Gasteiger partial charge in [-0.25, -0.2) is 4.39 Å². The molecule has 0 aliphatic carbocycles. The molecule has 0 aliphatic heterocycles. The molecule has 0 fully saturated rings. The molecule has 112 valence electrons. The van der Waals surface area contributed by atoms with Gasteiger partial charge >= 0.3 is 0 Å². The summed E-state index contributed by atoms with van der Waals surface area (Å²) in [5.74, 6) is 0.754. The van der Waals surface area contributed by atoms with Crippen molar-refractivity contribution in [3.05, 3.63) is 57.3 Å². The minimum absolute atomic E-state index is 0.0452. The topological polar surface area (TPSA) is 21.3 Å². The Morgan fingerprint density at radius 1 is 1.29 bits per heavy atom. The van der Waals surface area contributed by atoms with E-state index in [1.165, 1.54) is 12.1 Å². The van der Waals surface area contributed by atoms with E-state index in [1.807, 2.05) is 18.2 Å². The highest BCUT2D eigenvalue weighted by Gasteiger charge is 2.13. The Morgan fingerprint density at radius 2 is 2.05 bits per heavy atom. The quantitative estimate of drug-likeness (QED) is 0.726. The summed E-state index contributed by atoms with van der Waals surface area (Å²) in [5.41, 5.74) is 1.03. The molecule has 2 aromatic rings. The van der Waals surface area contributed by atoms with Gasteiger partial charge in [-0.15, -0.1) is 0 Å². The molecule has 2 aromatic carbocycles. The molecule has 2 rings (SSSR count). The summed E-state index contributed by atoms with van der Waals surface area (Å²) in [6.07, 6.45) is 0. The Kier molecular flexibility index (Phi) is 5.62. The van der Waals surface area contributed by atoms with Crippen molar-refractivity contribution in [2.75, 3.05) is 6.54 Å². The smallest absolute Gasteiger partial charge is 0.142 e. The normalized spacial score (nSPS) is 12.2. The highest BCUT2D eigenvalue weighted by Crippen LogP contribution is 2.33. The van der Waals surface area contributed by atoms with Gasteiger partial charge in [0.15, 0.2) is 0 Å². The van der Waals surface area contributed by atoms with Gasteiger partial charge < -0.3 is 10.1 Å². The summed E-state index contributed by atoms with van der Waals surface area (Å²) in [6, 6.07) is 10.3. The predicted molar refractivity (Wildman–Crippen MR) is 87.7 cm³/mol. The summed E-state index contributed by atoms with van der Waals surface area (Å²) >= 11 is 9.22. The third-order valence-corrected chi connectivity index (χ3v) is 3.85. The monoisotopic (exact) mass is 371 g/mol. The molecule has 0 aliphatic rings. The Morgan fingerprint density at radius 3 is 2.71 bits per heavy atom. The zero-order valence-electron chi connectivity index (χ0n) is 11.8. The summed E-state index contributed by atoms with van der Waals surface area (Å²) < 4.78 is 20.0. The lowest BCUT2D eigenvalue weighted by Gasteiger charge is -2.18. The van der Waals surface area contributed by atoms with E-state index in [1.54, 1.807) is 6.07 Å². The van der Waals surface area contributed by atoms with E-state index in [4.69, 9.17) is 16.3 Å². The molecule has 1 N–H and O–H groups in total. The number of halogens is 3. The van der Waals surface area contributed by atoms with Gasteiger partial charge in [0.2, 0.25) is 0 Å². The van der Waals surface area contributed by atoms with Crippen LogP contribution in [0.3, 0.4) is 0 Å². The highest BCUT2D eigenvalue weighted by molar-refractivity contribution is 9.10. The molecule has 21 heavy (non-hydrogen) atoms. The Labute approximate surface area is 137 Å². The lowest BCUT2D eigenvalue weighted by atomic mass is 10.1. The molecule has 2 nitrogen and oxygen atoms in total. The first-order valence-corrected chi connectivity index (χ1v) is 7.84. The van der Waals surface area contributed by atoms with Gasteiger partial charge in [-0.1, -0.05) is 40.5 Å². The van der Waals surface area contributed by atoms with Gasteiger partial charge in [0.1, 0.15) is 17.3 Å². The van der Waals surface area contributed by atoms with E-state index in [9.17, 15) is 4.39 Å². The molecule has 5 heteroatoms. The second-order valence-corrected chi connectivity index (χ2v) is 5.96. The van der Waals surface area contributed by atoms with Crippen LogP contribution in [0.4, 0.5) is 4.39 Å². The lowest BCUT2D eigenvalue weighted by Crippen LogP contribution is -2.18. The molecule has 0 bridgehead atoms. The first-order valence-electron chi connectivity index (χ1n) is 6.67. The number of benzene rings is 2. The van der Waals surface area contributed by atoms with Gasteiger partial charge in [0, 0.05) is 22.1 Å². The van der Waals surface area contributed by atoms with Crippen LogP contribution in [0.15, 0.2) is 40.9 Å². The zero-order chi connectivity index (χ0) is 15.4. The molecule has 0 radical (unpaired) electrons. The van der Waals surface area contributed by atoms with Crippen molar-refractivity contribution in [3.8, 4) is 11.5 Å². The van der Waals surface area contributed by atoms with E-state index in [0.29, 0.717) is 11.5 Å². The third kappa shape index (κ3) is 4.19. The maximum atomic E-state index is 13.2. The van der Waals surface area contributed by atoms with Gasteiger partial charge in [0.05, 0.1) is 5.02 Å². The molecule has 0 heterocycles. The van der Waals surface area contributed by atoms with Crippen molar-refractivity contribution in [1.29, 1.82) is 0 Å². The molecule has 0 saturated heterocycles. The third-order valence-electron chi connectivity index (χ3n) is 3.07. The standard InChI is InChI=1S/C16H16BrClFNO/c1-3-20-10(2)13-6-4-11(17)8-16(13)21-12-5-7-15(19)14(18)9-12/h4-10,20H,3H2,1-2H3. The number of nitrogens with one attached hydrogen (secondary N) is 1. The molecule has 1 atom stereocenters. The number of rotatable bonds is 5. The van der Waals surface area contributed by atoms with Crippen LogP contribution in [0.5, 0.6) is 11.5 Å². The second kappa shape index (κ2) is 7.25. The van der Waals surface area contributed by atoms with Crippen molar-refractivity contribution in [2.45, 2.75) is 19.9 Å². The fraction of sp³-hybridized carbons (Fsp3) is 0.250. The van der Waals surface area contributed by atoms with Gasteiger partial charge in [0.25, 0.3) is 0 Å². The Balaban J connectivity index is 2.33. The average Bonchev–Trinajstić information content (AvgIpc) is 2.43. The van der Waals surface area contributed by atoms with E-state index < -0.39 is 5.82 Å². The summed E-state index contributed by atoms with van der Waals surface area (Å²) in [6.45, 7) is 4.98. The van der Waals surface area contributed by atoms with Crippen LogP contribution in [0.2, 0.25) is 5.02 Å². The second-order valence-electron chi connectivity index (χ2n) is 4.64. The van der Waals surface area contributed by atoms with Crippen LogP contribution in [-0.4, -0.2) is 6.54 Å². The van der Waals surface area contributed by atoms with Crippen molar-refractivity contribution in [3.63, 3.8) is 0 Å². The van der Waals surface area contributed by atoms with Crippen LogP contribution < -0.4 is 10.1 Å². The van der Waals surface area contributed by atoms with Gasteiger partial charge in [-0.2, -0.15) is 0 Å². The van der Waals surface area contributed by atoms with Crippen LogP contribution >= 0.6 is 27.5 Å². The maximum Gasteiger partial charge on any atom is 0.142 e. The van der Waals surface area contributed by atoms with Crippen LogP contribution in [0.1, 0.15) is 25.5 Å². The molecular weight excluding hydrogens is 357 g/mol. The molecule has 0 spiro atoms. The largest absolute Gasteiger partial charge is 0.457 e. The molecule has 0 saturated carbocycles. The van der Waals surface area contributed by atoms with Gasteiger partial charge in [-0.05, 0) is 37.7 Å². The Hall–Kier alpha value is -1.10. The SMILES string of the molecule is CCNC(C)c1ccc(Br)cc1Oc1ccc(F)c(Cl)c1. The van der Waals surface area contributed by atoms with E-state index in [2.05, 4.69) is 35.1 Å². The fourth-order valence-electron chi connectivity index (χ4n) is 2.04. The highest BCUT2D eigenvalue weighted by atomic mass is 79.9. The summed E-state index contributed by atoms with van der Waals surface area (Å²) in [7, 11) is 0. The molecule has 1 unspecified atom stereocenters. The van der Waals surface area contributed by atoms with Crippen LogP contribution in [-0.2, 0) is 0 Å². The number of hydrogen-bond acceptors (Lipinski definition) is 2. The maximum absolute atomic E-state index is 13.2. The zero-order valence-corrected chi connectivity index (χ0v) is 14.1. The van der Waals surface area contributed by atoms with Crippen molar-refractivity contribution in [2.24, 2.45) is 0 Å². The van der Waals surface area contributed by atoms with E-state index >= 15 is 0 Å². The van der Waals surface area contributed by atoms with E-state index in [-0.39, 0.29) is 11.1 Å². The predicted octanol–water partition coefficient (Wildman–Crippen LogP) is 5.70. The average molecular weight is 373 g/mol. The van der Waals surface area contributed by atoms with Crippen molar-refractivity contribution >= 4 is 27.5 Å². The minimum Gasteiger partial charge on any atom is -0.457 e. The fourth-order valence-corrected chi connectivity index (χ4v) is 2.55. The van der Waals surface area contributed by atoms with Crippen molar-refractivity contribution < 1.29 is 9.13 Å². The first-order chi connectivity index (χ1) is 10.0. The molecule has 0 aromatic heterocycles. The van der Waals surface area contributed by atoms with Crippen LogP contribution in [0.25, 0.3) is 0 Å². The Bertz CT molecular complexity index is 636. The van der Waals surface area contributed by atoms with Gasteiger partial charge in [-0.3, -0.25) is 0 Å². The van der Waals surface area contributed by atoms with E-state index in [0.717, 1.165) is 16.6 Å². The minimum atomic E-state index is -0.459. The molecular formula is C16H16BrClFNO. The molecule has 0 amide bonds. The first kappa shape index (κ1) is 16.3. The summed E-state index contributed by atoms with van der Waals surface area (Å²) in [5, 5.41) is 3.39. The number of hydrogen-bond donors (Lipinski definition) is 1.